The van der Waals surface area contributed by atoms with E-state index in [1.165, 1.54) is 16.8 Å². The Labute approximate surface area is 163 Å². The van der Waals surface area contributed by atoms with E-state index in [0.717, 1.165) is 39.4 Å². The minimum atomic E-state index is -0.377. The Morgan fingerprint density at radius 1 is 1.12 bits per heavy atom. The molecular formula is C20H17FIN3O. The third-order valence-electron chi connectivity index (χ3n) is 4.38. The topological polar surface area (TPSA) is 49.8 Å². The number of hydrogen-bond donors (Lipinski definition) is 2. The second-order valence-corrected chi connectivity index (χ2v) is 7.18. The number of nitrogens with zero attached hydrogens (tertiary/aromatic N) is 1. The van der Waals surface area contributed by atoms with Gasteiger partial charge in [-0.25, -0.2) is 9.07 Å². The van der Waals surface area contributed by atoms with Gasteiger partial charge in [0, 0.05) is 22.0 Å². The van der Waals surface area contributed by atoms with Gasteiger partial charge in [0.2, 0.25) is 0 Å². The molecule has 0 aliphatic carbocycles. The van der Waals surface area contributed by atoms with Gasteiger partial charge >= 0.3 is 0 Å². The van der Waals surface area contributed by atoms with Crippen LogP contribution in [0.1, 0.15) is 6.42 Å². The lowest BCUT2D eigenvalue weighted by atomic mass is 10.1. The van der Waals surface area contributed by atoms with Crippen molar-refractivity contribution in [1.82, 2.24) is 9.78 Å². The number of benzene rings is 3. The first-order valence-electron chi connectivity index (χ1n) is 8.41. The summed E-state index contributed by atoms with van der Waals surface area (Å²) in [6.45, 7) is 0.793. The van der Waals surface area contributed by atoms with Gasteiger partial charge in [0.1, 0.15) is 5.82 Å². The number of aromatic amines is 1. The Kier molecular flexibility index (Phi) is 4.67. The van der Waals surface area contributed by atoms with Crippen LogP contribution in [0.25, 0.3) is 27.4 Å². The minimum Gasteiger partial charge on any atom is -0.384 e. The smallest absolute Gasteiger partial charge is 0.281 e. The Morgan fingerprint density at radius 2 is 1.96 bits per heavy atom. The van der Waals surface area contributed by atoms with Crippen molar-refractivity contribution >= 4 is 50.0 Å². The summed E-state index contributed by atoms with van der Waals surface area (Å²) in [5, 5.41) is 9.17. The Bertz CT molecular complexity index is 1150. The molecule has 26 heavy (non-hydrogen) atoms. The standard InChI is InChI=1S/C20H17FIN3O/c21-14-6-3-7-15(12-14)25-20(26)18-17(23-10-4-9-22)11-13-5-1-2-8-16(13)19(18)24-25/h1-3,5-8,11-12,23-24H,4,9-10H2. The quantitative estimate of drug-likeness (QED) is 0.254. The van der Waals surface area contributed by atoms with E-state index >= 15 is 0 Å². The van der Waals surface area contributed by atoms with Gasteiger partial charge in [0.15, 0.2) is 0 Å². The molecule has 0 saturated heterocycles. The number of alkyl halides is 1. The molecule has 0 aliphatic rings. The van der Waals surface area contributed by atoms with E-state index < -0.39 is 0 Å². The lowest BCUT2D eigenvalue weighted by Crippen LogP contribution is -2.15. The first kappa shape index (κ1) is 17.1. The zero-order chi connectivity index (χ0) is 18.1. The molecule has 0 atom stereocenters. The molecule has 0 radical (unpaired) electrons. The molecule has 6 heteroatoms. The molecule has 4 nitrogen and oxygen atoms in total. The molecule has 4 rings (SSSR count). The molecule has 1 aromatic heterocycles. The SMILES string of the molecule is O=c1c2c(NCCCI)cc3ccccc3c2[nH]n1-c1cccc(F)c1. The number of aromatic nitrogens is 2. The fourth-order valence-electron chi connectivity index (χ4n) is 3.19. The average molecular weight is 461 g/mol. The van der Waals surface area contributed by atoms with Crippen LogP contribution in [0.3, 0.4) is 0 Å². The van der Waals surface area contributed by atoms with Crippen LogP contribution < -0.4 is 10.9 Å². The lowest BCUT2D eigenvalue weighted by Gasteiger charge is -2.08. The van der Waals surface area contributed by atoms with Crippen molar-refractivity contribution in [3.8, 4) is 5.69 Å². The number of rotatable bonds is 5. The third-order valence-corrected chi connectivity index (χ3v) is 5.14. The first-order valence-corrected chi connectivity index (χ1v) is 9.94. The predicted octanol–water partition coefficient (Wildman–Crippen LogP) is 4.85. The summed E-state index contributed by atoms with van der Waals surface area (Å²) in [7, 11) is 0. The van der Waals surface area contributed by atoms with Crippen LogP contribution in [-0.2, 0) is 0 Å². The van der Waals surface area contributed by atoms with E-state index in [-0.39, 0.29) is 11.4 Å². The second kappa shape index (κ2) is 7.11. The van der Waals surface area contributed by atoms with Crippen LogP contribution >= 0.6 is 22.6 Å². The monoisotopic (exact) mass is 461 g/mol. The zero-order valence-corrected chi connectivity index (χ0v) is 16.1. The van der Waals surface area contributed by atoms with Crippen molar-refractivity contribution in [1.29, 1.82) is 0 Å². The molecule has 132 valence electrons. The molecule has 0 spiro atoms. The van der Waals surface area contributed by atoms with Crippen molar-refractivity contribution in [2.24, 2.45) is 0 Å². The fourth-order valence-corrected chi connectivity index (χ4v) is 3.57. The molecule has 1 heterocycles. The van der Waals surface area contributed by atoms with Gasteiger partial charge in [-0.3, -0.25) is 9.89 Å². The van der Waals surface area contributed by atoms with Crippen molar-refractivity contribution in [2.75, 3.05) is 16.3 Å². The minimum absolute atomic E-state index is 0.187. The Hall–Kier alpha value is -2.35. The summed E-state index contributed by atoms with van der Waals surface area (Å²) in [6, 6.07) is 16.0. The molecule has 3 aromatic carbocycles. The molecule has 2 N–H and O–H groups in total. The van der Waals surface area contributed by atoms with Crippen LogP contribution in [0.15, 0.2) is 59.4 Å². The van der Waals surface area contributed by atoms with Gasteiger partial charge in [-0.05, 0) is 36.1 Å². The Morgan fingerprint density at radius 3 is 2.77 bits per heavy atom. The van der Waals surface area contributed by atoms with Gasteiger partial charge in [-0.15, -0.1) is 0 Å². The van der Waals surface area contributed by atoms with Crippen LogP contribution in [0.4, 0.5) is 10.1 Å². The fraction of sp³-hybridized carbons (Fsp3) is 0.150. The van der Waals surface area contributed by atoms with Crippen molar-refractivity contribution < 1.29 is 4.39 Å². The number of hydrogen-bond acceptors (Lipinski definition) is 2. The van der Waals surface area contributed by atoms with E-state index in [2.05, 4.69) is 33.0 Å². The number of H-pyrrole nitrogens is 1. The normalized spacial score (nSPS) is 11.3. The molecule has 0 unspecified atom stereocenters. The van der Waals surface area contributed by atoms with Crippen LogP contribution in [-0.4, -0.2) is 20.8 Å². The van der Waals surface area contributed by atoms with E-state index in [0.29, 0.717) is 11.1 Å². The summed E-state index contributed by atoms with van der Waals surface area (Å²) < 4.78 is 16.1. The number of halogens is 2. The summed E-state index contributed by atoms with van der Waals surface area (Å²) in [4.78, 5) is 13.1. The molecular weight excluding hydrogens is 444 g/mol. The Balaban J connectivity index is 1.99. The van der Waals surface area contributed by atoms with Gasteiger partial charge < -0.3 is 5.32 Å². The molecule has 0 fully saturated rings. The molecule has 0 aliphatic heterocycles. The number of fused-ring (bicyclic) bond motifs is 3. The average Bonchev–Trinajstić information content (AvgIpc) is 3.00. The van der Waals surface area contributed by atoms with E-state index in [9.17, 15) is 9.18 Å². The maximum atomic E-state index is 13.6. The first-order chi connectivity index (χ1) is 12.7. The van der Waals surface area contributed by atoms with E-state index in [1.807, 2.05) is 30.3 Å². The summed E-state index contributed by atoms with van der Waals surface area (Å²) in [5.41, 5.74) is 1.86. The summed E-state index contributed by atoms with van der Waals surface area (Å²) >= 11 is 2.34. The number of anilines is 1. The van der Waals surface area contributed by atoms with Gasteiger partial charge in [0.25, 0.3) is 5.56 Å². The highest BCUT2D eigenvalue weighted by Gasteiger charge is 2.16. The highest BCUT2D eigenvalue weighted by Crippen LogP contribution is 2.29. The molecule has 0 saturated carbocycles. The van der Waals surface area contributed by atoms with E-state index in [4.69, 9.17) is 0 Å². The van der Waals surface area contributed by atoms with Crippen LogP contribution in [0, 0.1) is 5.82 Å². The van der Waals surface area contributed by atoms with Gasteiger partial charge in [-0.2, -0.15) is 0 Å². The molecule has 0 bridgehead atoms. The van der Waals surface area contributed by atoms with Crippen molar-refractivity contribution in [2.45, 2.75) is 6.42 Å². The second-order valence-electron chi connectivity index (χ2n) is 6.10. The highest BCUT2D eigenvalue weighted by atomic mass is 127. The van der Waals surface area contributed by atoms with E-state index in [1.54, 1.807) is 12.1 Å². The predicted molar refractivity (Wildman–Crippen MR) is 113 cm³/mol. The maximum absolute atomic E-state index is 13.6. The largest absolute Gasteiger partial charge is 0.384 e. The number of nitrogens with one attached hydrogen (secondary N) is 2. The van der Waals surface area contributed by atoms with Crippen LogP contribution in [0.2, 0.25) is 0 Å². The van der Waals surface area contributed by atoms with Crippen molar-refractivity contribution in [3.63, 3.8) is 0 Å². The molecule has 0 amide bonds. The highest BCUT2D eigenvalue weighted by molar-refractivity contribution is 14.1. The zero-order valence-electron chi connectivity index (χ0n) is 13.9. The van der Waals surface area contributed by atoms with Gasteiger partial charge in [0.05, 0.1) is 16.6 Å². The molecule has 4 aromatic rings. The van der Waals surface area contributed by atoms with Gasteiger partial charge in [-0.1, -0.05) is 52.9 Å². The van der Waals surface area contributed by atoms with Crippen LogP contribution in [0.5, 0.6) is 0 Å². The third kappa shape index (κ3) is 2.98. The maximum Gasteiger partial charge on any atom is 0.281 e. The lowest BCUT2D eigenvalue weighted by molar-refractivity contribution is 0.625. The summed E-state index contributed by atoms with van der Waals surface area (Å²) in [6.07, 6.45) is 1.01. The van der Waals surface area contributed by atoms with Crippen molar-refractivity contribution in [3.05, 3.63) is 70.8 Å². The summed E-state index contributed by atoms with van der Waals surface area (Å²) in [5.74, 6) is -0.377.